The summed E-state index contributed by atoms with van der Waals surface area (Å²) >= 11 is 9.48. The van der Waals surface area contributed by atoms with E-state index in [9.17, 15) is 0 Å². The van der Waals surface area contributed by atoms with Gasteiger partial charge in [-0.1, -0.05) is 22.9 Å². The van der Waals surface area contributed by atoms with Crippen molar-refractivity contribution in [2.45, 2.75) is 25.3 Å². The molecule has 4 heteroatoms. The number of rotatable bonds is 6. The van der Waals surface area contributed by atoms with E-state index in [1.165, 1.54) is 0 Å². The van der Waals surface area contributed by atoms with Gasteiger partial charge < -0.3 is 10.1 Å². The minimum absolute atomic E-state index is 0.193. The summed E-state index contributed by atoms with van der Waals surface area (Å²) in [4.78, 5) is 0. The van der Waals surface area contributed by atoms with Crippen LogP contribution in [0, 0.1) is 0 Å². The Morgan fingerprint density at radius 2 is 2.25 bits per heavy atom. The standard InChI is InChI=1S/C12H17BrClNO/c1-3-11(14)8-15-7-9-6-10(13)4-5-12(9)16-2/h4-6,11,15H,3,7-8H2,1-2H3. The highest BCUT2D eigenvalue weighted by Gasteiger charge is 2.05. The molecule has 0 aliphatic rings. The molecule has 0 saturated heterocycles. The third kappa shape index (κ3) is 4.32. The zero-order valence-corrected chi connectivity index (χ0v) is 11.9. The number of ether oxygens (including phenoxy) is 1. The molecule has 1 atom stereocenters. The van der Waals surface area contributed by atoms with E-state index < -0.39 is 0 Å². The maximum atomic E-state index is 6.03. The van der Waals surface area contributed by atoms with Crippen LogP contribution >= 0.6 is 27.5 Å². The van der Waals surface area contributed by atoms with Crippen LogP contribution in [0.4, 0.5) is 0 Å². The number of hydrogen-bond donors (Lipinski definition) is 1. The maximum absolute atomic E-state index is 6.03. The van der Waals surface area contributed by atoms with Gasteiger partial charge in [-0.05, 0) is 24.6 Å². The average Bonchev–Trinajstić information content (AvgIpc) is 2.29. The average molecular weight is 307 g/mol. The molecule has 0 spiro atoms. The molecule has 0 fully saturated rings. The molecule has 0 radical (unpaired) electrons. The lowest BCUT2D eigenvalue weighted by atomic mass is 10.2. The molecule has 0 aliphatic heterocycles. The van der Waals surface area contributed by atoms with E-state index >= 15 is 0 Å². The summed E-state index contributed by atoms with van der Waals surface area (Å²) in [5.41, 5.74) is 1.14. The molecule has 0 amide bonds. The first-order chi connectivity index (χ1) is 7.67. The molecule has 1 rings (SSSR count). The van der Waals surface area contributed by atoms with Crippen LogP contribution in [0.25, 0.3) is 0 Å². The highest BCUT2D eigenvalue weighted by Crippen LogP contribution is 2.22. The monoisotopic (exact) mass is 305 g/mol. The highest BCUT2D eigenvalue weighted by molar-refractivity contribution is 9.10. The first kappa shape index (κ1) is 13.8. The number of hydrogen-bond acceptors (Lipinski definition) is 2. The van der Waals surface area contributed by atoms with Crippen LogP contribution in [0.3, 0.4) is 0 Å². The molecule has 1 aromatic carbocycles. The van der Waals surface area contributed by atoms with Crippen LogP contribution in [0.1, 0.15) is 18.9 Å². The third-order valence-corrected chi connectivity index (χ3v) is 3.32. The van der Waals surface area contributed by atoms with E-state index in [2.05, 4.69) is 34.2 Å². The first-order valence-electron chi connectivity index (χ1n) is 5.34. The maximum Gasteiger partial charge on any atom is 0.123 e. The molecular formula is C12H17BrClNO. The van der Waals surface area contributed by atoms with Gasteiger partial charge in [0.25, 0.3) is 0 Å². The number of methoxy groups -OCH3 is 1. The molecule has 90 valence electrons. The quantitative estimate of drug-likeness (QED) is 0.811. The Bertz CT molecular complexity index is 333. The lowest BCUT2D eigenvalue weighted by Gasteiger charge is -2.11. The van der Waals surface area contributed by atoms with Gasteiger partial charge in [0.2, 0.25) is 0 Å². The van der Waals surface area contributed by atoms with E-state index in [0.717, 1.165) is 35.3 Å². The predicted octanol–water partition coefficient (Wildman–Crippen LogP) is 3.56. The summed E-state index contributed by atoms with van der Waals surface area (Å²) in [6.45, 7) is 3.67. The molecule has 2 nitrogen and oxygen atoms in total. The van der Waals surface area contributed by atoms with Crippen LogP contribution in [0.15, 0.2) is 22.7 Å². The van der Waals surface area contributed by atoms with Gasteiger partial charge in [-0.3, -0.25) is 0 Å². The van der Waals surface area contributed by atoms with Crippen molar-refractivity contribution in [3.8, 4) is 5.75 Å². The number of benzene rings is 1. The summed E-state index contributed by atoms with van der Waals surface area (Å²) in [7, 11) is 1.68. The van der Waals surface area contributed by atoms with Crippen molar-refractivity contribution in [2.75, 3.05) is 13.7 Å². The van der Waals surface area contributed by atoms with Gasteiger partial charge in [0, 0.05) is 28.5 Å². The predicted molar refractivity (Wildman–Crippen MR) is 72.3 cm³/mol. The van der Waals surface area contributed by atoms with Crippen molar-refractivity contribution >= 4 is 27.5 Å². The first-order valence-corrected chi connectivity index (χ1v) is 6.57. The second kappa shape index (κ2) is 7.15. The van der Waals surface area contributed by atoms with Gasteiger partial charge in [0.05, 0.1) is 7.11 Å². The summed E-state index contributed by atoms with van der Waals surface area (Å²) in [5.74, 6) is 0.901. The van der Waals surface area contributed by atoms with Crippen LogP contribution in [-0.4, -0.2) is 19.0 Å². The Kier molecular flexibility index (Phi) is 6.17. The summed E-state index contributed by atoms with van der Waals surface area (Å²) < 4.78 is 6.35. The third-order valence-electron chi connectivity index (χ3n) is 2.37. The van der Waals surface area contributed by atoms with Crippen LogP contribution in [0.2, 0.25) is 0 Å². The van der Waals surface area contributed by atoms with E-state index in [4.69, 9.17) is 16.3 Å². The minimum atomic E-state index is 0.193. The molecule has 0 aliphatic carbocycles. The Morgan fingerprint density at radius 1 is 1.50 bits per heavy atom. The van der Waals surface area contributed by atoms with Crippen molar-refractivity contribution in [1.29, 1.82) is 0 Å². The number of nitrogens with one attached hydrogen (secondary N) is 1. The smallest absolute Gasteiger partial charge is 0.123 e. The fraction of sp³-hybridized carbons (Fsp3) is 0.500. The Balaban J connectivity index is 2.55. The normalized spacial score (nSPS) is 12.5. The number of halogens is 2. The molecule has 0 bridgehead atoms. The van der Waals surface area contributed by atoms with Gasteiger partial charge >= 0.3 is 0 Å². The van der Waals surface area contributed by atoms with Crippen molar-refractivity contribution in [3.63, 3.8) is 0 Å². The molecule has 16 heavy (non-hydrogen) atoms. The van der Waals surface area contributed by atoms with Gasteiger partial charge in [-0.15, -0.1) is 11.6 Å². The zero-order valence-electron chi connectivity index (χ0n) is 9.59. The Labute approximate surface area is 110 Å². The number of alkyl halides is 1. The van der Waals surface area contributed by atoms with Crippen LogP contribution in [-0.2, 0) is 6.54 Å². The molecular weight excluding hydrogens is 289 g/mol. The molecule has 0 aromatic heterocycles. The highest BCUT2D eigenvalue weighted by atomic mass is 79.9. The topological polar surface area (TPSA) is 21.3 Å². The second-order valence-electron chi connectivity index (χ2n) is 3.59. The molecule has 0 heterocycles. The van der Waals surface area contributed by atoms with E-state index in [1.54, 1.807) is 7.11 Å². The molecule has 0 saturated carbocycles. The lowest BCUT2D eigenvalue weighted by molar-refractivity contribution is 0.407. The van der Waals surface area contributed by atoms with E-state index in [1.807, 2.05) is 12.1 Å². The SMILES string of the molecule is CCC(Cl)CNCc1cc(Br)ccc1OC. The molecule has 1 N–H and O–H groups in total. The largest absolute Gasteiger partial charge is 0.496 e. The van der Waals surface area contributed by atoms with Gasteiger partial charge in [0.15, 0.2) is 0 Å². The van der Waals surface area contributed by atoms with Crippen LogP contribution < -0.4 is 10.1 Å². The summed E-state index contributed by atoms with van der Waals surface area (Å²) in [5, 5.41) is 3.51. The lowest BCUT2D eigenvalue weighted by Crippen LogP contribution is -2.22. The van der Waals surface area contributed by atoms with Crippen molar-refractivity contribution in [2.24, 2.45) is 0 Å². The minimum Gasteiger partial charge on any atom is -0.496 e. The summed E-state index contributed by atoms with van der Waals surface area (Å²) in [6.07, 6.45) is 0.976. The van der Waals surface area contributed by atoms with Crippen molar-refractivity contribution in [3.05, 3.63) is 28.2 Å². The fourth-order valence-electron chi connectivity index (χ4n) is 1.39. The Hall–Kier alpha value is -0.250. The van der Waals surface area contributed by atoms with Gasteiger partial charge in [-0.2, -0.15) is 0 Å². The second-order valence-corrected chi connectivity index (χ2v) is 5.13. The van der Waals surface area contributed by atoms with E-state index in [0.29, 0.717) is 0 Å². The fourth-order valence-corrected chi connectivity index (χ4v) is 1.91. The van der Waals surface area contributed by atoms with Crippen molar-refractivity contribution in [1.82, 2.24) is 5.32 Å². The molecule has 1 aromatic rings. The molecule has 1 unspecified atom stereocenters. The van der Waals surface area contributed by atoms with Gasteiger partial charge in [-0.25, -0.2) is 0 Å². The van der Waals surface area contributed by atoms with Crippen LogP contribution in [0.5, 0.6) is 5.75 Å². The Morgan fingerprint density at radius 3 is 2.88 bits per heavy atom. The van der Waals surface area contributed by atoms with Gasteiger partial charge in [0.1, 0.15) is 5.75 Å². The zero-order chi connectivity index (χ0) is 12.0. The summed E-state index contributed by atoms with van der Waals surface area (Å²) in [6, 6.07) is 5.98. The van der Waals surface area contributed by atoms with E-state index in [-0.39, 0.29) is 5.38 Å². The van der Waals surface area contributed by atoms with Crippen molar-refractivity contribution < 1.29 is 4.74 Å².